The van der Waals surface area contributed by atoms with Crippen molar-refractivity contribution in [3.05, 3.63) is 77.2 Å². The predicted molar refractivity (Wildman–Crippen MR) is 111 cm³/mol. The van der Waals surface area contributed by atoms with E-state index in [1.54, 1.807) is 11.3 Å². The maximum atomic E-state index is 4.87. The molecule has 130 valence electrons. The summed E-state index contributed by atoms with van der Waals surface area (Å²) in [6.07, 6.45) is 1.01. The van der Waals surface area contributed by atoms with Crippen LogP contribution in [0.5, 0.6) is 0 Å². The molecule has 4 heteroatoms. The molecular formula is C22H21N3S. The lowest BCUT2D eigenvalue weighted by Crippen LogP contribution is -2.09. The van der Waals surface area contributed by atoms with Crippen LogP contribution in [-0.2, 0) is 6.42 Å². The minimum Gasteiger partial charge on any atom is -0.363 e. The van der Waals surface area contributed by atoms with Gasteiger partial charge in [-0.2, -0.15) is 0 Å². The second kappa shape index (κ2) is 7.26. The molecule has 26 heavy (non-hydrogen) atoms. The molecule has 0 aliphatic heterocycles. The third-order valence-electron chi connectivity index (χ3n) is 4.48. The van der Waals surface area contributed by atoms with Crippen molar-refractivity contribution in [1.82, 2.24) is 9.97 Å². The molecule has 1 atom stereocenters. The summed E-state index contributed by atoms with van der Waals surface area (Å²) >= 11 is 1.75. The van der Waals surface area contributed by atoms with E-state index in [-0.39, 0.29) is 6.04 Å². The zero-order chi connectivity index (χ0) is 17.9. The number of anilines is 1. The quantitative estimate of drug-likeness (QED) is 0.468. The zero-order valence-electron chi connectivity index (χ0n) is 14.9. The average molecular weight is 359 g/mol. The largest absolute Gasteiger partial charge is 0.363 e. The second-order valence-electron chi connectivity index (χ2n) is 6.32. The Balaban J connectivity index is 1.79. The minimum atomic E-state index is 0.169. The molecule has 1 unspecified atom stereocenters. The Morgan fingerprint density at radius 2 is 1.65 bits per heavy atom. The zero-order valence-corrected chi connectivity index (χ0v) is 15.8. The van der Waals surface area contributed by atoms with Crippen molar-refractivity contribution in [2.75, 3.05) is 5.32 Å². The van der Waals surface area contributed by atoms with E-state index >= 15 is 0 Å². The van der Waals surface area contributed by atoms with Crippen LogP contribution in [0.1, 0.15) is 30.3 Å². The Hall–Kier alpha value is -2.72. The lowest BCUT2D eigenvalue weighted by molar-refractivity contribution is 0.877. The highest BCUT2D eigenvalue weighted by Gasteiger charge is 2.15. The number of thiophene rings is 1. The average Bonchev–Trinajstić information content (AvgIpc) is 3.13. The predicted octanol–water partition coefficient (Wildman–Crippen LogP) is 6.09. The maximum Gasteiger partial charge on any atom is 0.163 e. The first kappa shape index (κ1) is 16.7. The Morgan fingerprint density at radius 3 is 2.35 bits per heavy atom. The molecular weight excluding hydrogens is 338 g/mol. The summed E-state index contributed by atoms with van der Waals surface area (Å²) in [5.41, 5.74) is 2.28. The Kier molecular flexibility index (Phi) is 4.67. The first-order chi connectivity index (χ1) is 12.7. The molecule has 2 aromatic heterocycles. The summed E-state index contributed by atoms with van der Waals surface area (Å²) in [6, 6.07) is 23.0. The normalized spacial score (nSPS) is 12.2. The third kappa shape index (κ3) is 3.33. The first-order valence-electron chi connectivity index (χ1n) is 8.92. The lowest BCUT2D eigenvalue weighted by atomic mass is 10.1. The summed E-state index contributed by atoms with van der Waals surface area (Å²) in [4.78, 5) is 12.1. The third-order valence-corrected chi connectivity index (χ3v) is 5.65. The van der Waals surface area contributed by atoms with Crippen LogP contribution < -0.4 is 5.32 Å². The number of nitrogens with one attached hydrogen (secondary N) is 1. The van der Waals surface area contributed by atoms with E-state index in [4.69, 9.17) is 9.97 Å². The molecule has 0 bridgehead atoms. The molecule has 2 aromatic carbocycles. The molecule has 0 radical (unpaired) electrons. The smallest absolute Gasteiger partial charge is 0.163 e. The van der Waals surface area contributed by atoms with Gasteiger partial charge in [-0.15, -0.1) is 11.3 Å². The summed E-state index contributed by atoms with van der Waals surface area (Å²) in [6.45, 7) is 4.34. The van der Waals surface area contributed by atoms with E-state index in [2.05, 4.69) is 61.6 Å². The van der Waals surface area contributed by atoms with Gasteiger partial charge in [0.25, 0.3) is 0 Å². The van der Waals surface area contributed by atoms with Gasteiger partial charge >= 0.3 is 0 Å². The van der Waals surface area contributed by atoms with Gasteiger partial charge in [0.15, 0.2) is 5.82 Å². The van der Waals surface area contributed by atoms with Crippen molar-refractivity contribution >= 4 is 27.4 Å². The monoisotopic (exact) mass is 359 g/mol. The van der Waals surface area contributed by atoms with Gasteiger partial charge in [-0.25, -0.2) is 9.97 Å². The Morgan fingerprint density at radius 1 is 0.962 bits per heavy atom. The lowest BCUT2D eigenvalue weighted by Gasteiger charge is -2.16. The number of hydrogen-bond acceptors (Lipinski definition) is 4. The number of benzene rings is 2. The van der Waals surface area contributed by atoms with E-state index in [0.29, 0.717) is 0 Å². The van der Waals surface area contributed by atoms with E-state index < -0.39 is 0 Å². The summed E-state index contributed by atoms with van der Waals surface area (Å²) in [7, 11) is 0. The van der Waals surface area contributed by atoms with Gasteiger partial charge in [-0.05, 0) is 25.0 Å². The molecule has 0 saturated heterocycles. The van der Waals surface area contributed by atoms with Crippen LogP contribution in [0.25, 0.3) is 21.6 Å². The first-order valence-corrected chi connectivity index (χ1v) is 9.73. The van der Waals surface area contributed by atoms with Gasteiger partial charge in [0.05, 0.1) is 5.39 Å². The number of fused-ring (bicyclic) bond motifs is 1. The highest BCUT2D eigenvalue weighted by Crippen LogP contribution is 2.33. The minimum absolute atomic E-state index is 0.169. The highest BCUT2D eigenvalue weighted by molar-refractivity contribution is 7.18. The van der Waals surface area contributed by atoms with Gasteiger partial charge in [-0.3, -0.25) is 0 Å². The van der Waals surface area contributed by atoms with Crippen LogP contribution in [-0.4, -0.2) is 9.97 Å². The molecule has 0 aliphatic carbocycles. The van der Waals surface area contributed by atoms with Crippen LogP contribution >= 0.6 is 11.3 Å². The molecule has 3 nitrogen and oxygen atoms in total. The van der Waals surface area contributed by atoms with Crippen molar-refractivity contribution in [1.29, 1.82) is 0 Å². The summed E-state index contributed by atoms with van der Waals surface area (Å²) in [5.74, 6) is 1.67. The second-order valence-corrected chi connectivity index (χ2v) is 7.44. The molecule has 0 fully saturated rings. The van der Waals surface area contributed by atoms with Crippen molar-refractivity contribution in [3.8, 4) is 11.4 Å². The fraction of sp³-hybridized carbons (Fsp3) is 0.182. The SMILES string of the molecule is CCc1cc2c(NC(C)c3ccccc3)nc(-c3ccccc3)nc2s1. The van der Waals surface area contributed by atoms with Crippen molar-refractivity contribution in [2.45, 2.75) is 26.3 Å². The molecule has 2 heterocycles. The Bertz CT molecular complexity index is 1010. The molecule has 0 saturated carbocycles. The van der Waals surface area contributed by atoms with Crippen molar-refractivity contribution < 1.29 is 0 Å². The number of hydrogen-bond donors (Lipinski definition) is 1. The number of nitrogens with zero attached hydrogens (tertiary/aromatic N) is 2. The van der Waals surface area contributed by atoms with Crippen LogP contribution in [0.15, 0.2) is 66.7 Å². The van der Waals surface area contributed by atoms with Crippen LogP contribution in [0, 0.1) is 0 Å². The summed E-state index contributed by atoms with van der Waals surface area (Å²) in [5, 5.41) is 4.71. The molecule has 0 spiro atoms. The van der Waals surface area contributed by atoms with E-state index in [9.17, 15) is 0 Å². The fourth-order valence-electron chi connectivity index (χ4n) is 3.00. The van der Waals surface area contributed by atoms with Gasteiger partial charge in [-0.1, -0.05) is 67.6 Å². The van der Waals surface area contributed by atoms with Crippen LogP contribution in [0.2, 0.25) is 0 Å². The van der Waals surface area contributed by atoms with Gasteiger partial charge < -0.3 is 5.32 Å². The van der Waals surface area contributed by atoms with Gasteiger partial charge in [0, 0.05) is 16.5 Å². The standard InChI is InChI=1S/C22H21N3S/c1-3-18-14-19-21(23-15(2)16-10-6-4-7-11-16)24-20(25-22(19)26-18)17-12-8-5-9-13-17/h4-15H,3H2,1-2H3,(H,23,24,25). The summed E-state index contributed by atoms with van der Waals surface area (Å²) < 4.78 is 0. The molecule has 1 N–H and O–H groups in total. The maximum absolute atomic E-state index is 4.87. The number of rotatable bonds is 5. The van der Waals surface area contributed by atoms with Crippen molar-refractivity contribution in [2.24, 2.45) is 0 Å². The Labute approximate surface area is 157 Å². The topological polar surface area (TPSA) is 37.8 Å². The van der Waals surface area contributed by atoms with E-state index in [1.165, 1.54) is 10.4 Å². The number of aryl methyl sites for hydroxylation is 1. The van der Waals surface area contributed by atoms with Crippen LogP contribution in [0.3, 0.4) is 0 Å². The molecule has 0 amide bonds. The van der Waals surface area contributed by atoms with Crippen molar-refractivity contribution in [3.63, 3.8) is 0 Å². The molecule has 0 aliphatic rings. The van der Waals surface area contributed by atoms with E-state index in [0.717, 1.165) is 33.8 Å². The van der Waals surface area contributed by atoms with Gasteiger partial charge in [0.2, 0.25) is 0 Å². The fourth-order valence-corrected chi connectivity index (χ4v) is 3.97. The van der Waals surface area contributed by atoms with Gasteiger partial charge in [0.1, 0.15) is 10.6 Å². The van der Waals surface area contributed by atoms with Crippen LogP contribution in [0.4, 0.5) is 5.82 Å². The molecule has 4 rings (SSSR count). The number of aromatic nitrogens is 2. The van der Waals surface area contributed by atoms with E-state index in [1.807, 2.05) is 24.3 Å². The molecule has 4 aromatic rings. The highest BCUT2D eigenvalue weighted by atomic mass is 32.1.